The summed E-state index contributed by atoms with van der Waals surface area (Å²) in [6.45, 7) is 4.13. The fourth-order valence-corrected chi connectivity index (χ4v) is 3.44. The Kier molecular flexibility index (Phi) is 9.33. The second-order valence-electron chi connectivity index (χ2n) is 6.84. The van der Waals surface area contributed by atoms with Crippen LogP contribution in [0.1, 0.15) is 37.7 Å². The maximum Gasteiger partial charge on any atom is 0.239 e. The van der Waals surface area contributed by atoms with E-state index in [1.807, 2.05) is 24.0 Å². The summed E-state index contributed by atoms with van der Waals surface area (Å²) < 4.78 is 0. The van der Waals surface area contributed by atoms with Crippen LogP contribution in [0.15, 0.2) is 18.3 Å². The molecule has 1 unspecified atom stereocenters. The van der Waals surface area contributed by atoms with Crippen LogP contribution < -0.4 is 10.6 Å². The maximum absolute atomic E-state index is 12.6. The molecular weight excluding hydrogens is 375 g/mol. The van der Waals surface area contributed by atoms with E-state index in [0.717, 1.165) is 50.8 Å². The molecule has 0 saturated carbocycles. The molecule has 2 aliphatic rings. The number of amides is 2. The van der Waals surface area contributed by atoms with Gasteiger partial charge in [-0.1, -0.05) is 12.5 Å². The molecule has 0 aromatic carbocycles. The predicted octanol–water partition coefficient (Wildman–Crippen LogP) is 2.55. The number of hydrogen-bond acceptors (Lipinski definition) is 4. The average molecular weight is 403 g/mol. The monoisotopic (exact) mass is 402 g/mol. The largest absolute Gasteiger partial charge is 0.341 e. The van der Waals surface area contributed by atoms with E-state index in [0.29, 0.717) is 12.4 Å². The molecule has 2 atom stereocenters. The lowest BCUT2D eigenvalue weighted by Crippen LogP contribution is -2.52. The van der Waals surface area contributed by atoms with E-state index in [9.17, 15) is 9.59 Å². The summed E-state index contributed by atoms with van der Waals surface area (Å²) in [5.41, 5.74) is 1.06. The minimum absolute atomic E-state index is 0. The number of halogens is 2. The Morgan fingerprint density at radius 3 is 2.65 bits per heavy atom. The van der Waals surface area contributed by atoms with Crippen molar-refractivity contribution >= 4 is 42.4 Å². The van der Waals surface area contributed by atoms with Crippen molar-refractivity contribution in [3.8, 4) is 0 Å². The molecule has 26 heavy (non-hydrogen) atoms. The van der Waals surface area contributed by atoms with Gasteiger partial charge in [0.1, 0.15) is 5.82 Å². The lowest BCUT2D eigenvalue weighted by molar-refractivity contribution is -0.137. The Bertz CT molecular complexity index is 591. The normalized spacial score (nSPS) is 22.6. The molecule has 0 radical (unpaired) electrons. The minimum Gasteiger partial charge on any atom is -0.341 e. The average Bonchev–Trinajstić information content (AvgIpc) is 2.64. The first-order valence-corrected chi connectivity index (χ1v) is 8.89. The zero-order valence-electron chi connectivity index (χ0n) is 15.1. The number of carbonyl (C=O) groups excluding carboxylic acids is 2. The zero-order valence-corrected chi connectivity index (χ0v) is 16.7. The lowest BCUT2D eigenvalue weighted by Gasteiger charge is -2.35. The van der Waals surface area contributed by atoms with Gasteiger partial charge in [-0.15, -0.1) is 24.8 Å². The van der Waals surface area contributed by atoms with Gasteiger partial charge >= 0.3 is 0 Å². The number of hydrogen-bond donors (Lipinski definition) is 2. The summed E-state index contributed by atoms with van der Waals surface area (Å²) in [5.74, 6) is 0.526. The third-order valence-electron chi connectivity index (χ3n) is 4.87. The fourth-order valence-electron chi connectivity index (χ4n) is 3.44. The number of aryl methyl sites for hydroxylation is 1. The number of likely N-dealkylation sites (tertiary alicyclic amines) is 1. The Morgan fingerprint density at radius 1 is 1.19 bits per heavy atom. The summed E-state index contributed by atoms with van der Waals surface area (Å²) in [6.07, 6.45) is 6.57. The number of rotatable bonds is 3. The molecule has 3 heterocycles. The van der Waals surface area contributed by atoms with Crippen LogP contribution in [0.3, 0.4) is 0 Å². The van der Waals surface area contributed by atoms with Gasteiger partial charge in [-0.2, -0.15) is 0 Å². The van der Waals surface area contributed by atoms with Gasteiger partial charge in [0.15, 0.2) is 0 Å². The Labute approximate surface area is 167 Å². The molecule has 3 rings (SSSR count). The van der Waals surface area contributed by atoms with Crippen LogP contribution in [0.4, 0.5) is 5.82 Å². The van der Waals surface area contributed by atoms with Crippen LogP contribution in [0, 0.1) is 12.8 Å². The van der Waals surface area contributed by atoms with Gasteiger partial charge in [0.2, 0.25) is 11.8 Å². The predicted molar refractivity (Wildman–Crippen MR) is 107 cm³/mol. The highest BCUT2D eigenvalue weighted by Gasteiger charge is 2.32. The van der Waals surface area contributed by atoms with Crippen molar-refractivity contribution in [2.24, 2.45) is 5.92 Å². The highest BCUT2D eigenvalue weighted by Crippen LogP contribution is 2.20. The van der Waals surface area contributed by atoms with Crippen LogP contribution in [0.5, 0.6) is 0 Å². The van der Waals surface area contributed by atoms with E-state index < -0.39 is 0 Å². The van der Waals surface area contributed by atoms with Crippen molar-refractivity contribution in [2.75, 3.05) is 25.0 Å². The van der Waals surface area contributed by atoms with Crippen molar-refractivity contribution in [1.29, 1.82) is 0 Å². The van der Waals surface area contributed by atoms with Crippen LogP contribution in [-0.2, 0) is 9.59 Å². The number of piperidine rings is 2. The Balaban J connectivity index is 0.00000169. The summed E-state index contributed by atoms with van der Waals surface area (Å²) in [6, 6.07) is 3.67. The first kappa shape index (κ1) is 22.7. The smallest absolute Gasteiger partial charge is 0.239 e. The first-order chi connectivity index (χ1) is 11.6. The second-order valence-corrected chi connectivity index (χ2v) is 6.84. The maximum atomic E-state index is 12.6. The van der Waals surface area contributed by atoms with Gasteiger partial charge in [-0.25, -0.2) is 4.98 Å². The second kappa shape index (κ2) is 10.7. The first-order valence-electron chi connectivity index (χ1n) is 8.89. The van der Waals surface area contributed by atoms with Crippen LogP contribution in [0.25, 0.3) is 0 Å². The number of nitrogens with zero attached hydrogens (tertiary/aromatic N) is 2. The number of carbonyl (C=O) groups is 2. The van der Waals surface area contributed by atoms with Gasteiger partial charge in [0.25, 0.3) is 0 Å². The molecule has 146 valence electrons. The molecule has 0 bridgehead atoms. The molecular formula is C18H28Cl2N4O2. The van der Waals surface area contributed by atoms with Crippen molar-refractivity contribution in [1.82, 2.24) is 15.2 Å². The molecule has 0 spiro atoms. The SMILES string of the molecule is Cc1ccc(NC(=O)C2CCCN(C(=O)[C@H]3CCCCN3)C2)nc1.Cl.Cl. The Morgan fingerprint density at radius 2 is 2.00 bits per heavy atom. The van der Waals surface area contributed by atoms with Gasteiger partial charge in [0.05, 0.1) is 12.0 Å². The standard InChI is InChI=1S/C18H26N4O2.2ClH/c1-13-7-8-16(20-11-13)21-17(23)14-5-4-10-22(12-14)18(24)15-6-2-3-9-19-15;;/h7-8,11,14-15,19H,2-6,9-10,12H2,1H3,(H,20,21,23);2*1H/t14?,15-;;/m1../s1. The fraction of sp³-hybridized carbons (Fsp3) is 0.611. The van der Waals surface area contributed by atoms with Crippen LogP contribution in [0.2, 0.25) is 0 Å². The molecule has 6 nitrogen and oxygen atoms in total. The molecule has 1 aromatic heterocycles. The quantitative estimate of drug-likeness (QED) is 0.814. The van der Waals surface area contributed by atoms with Crippen molar-refractivity contribution < 1.29 is 9.59 Å². The number of nitrogens with one attached hydrogen (secondary N) is 2. The zero-order chi connectivity index (χ0) is 16.9. The third-order valence-corrected chi connectivity index (χ3v) is 4.87. The van der Waals surface area contributed by atoms with Crippen molar-refractivity contribution in [3.63, 3.8) is 0 Å². The Hall–Kier alpha value is -1.37. The number of pyridine rings is 1. The molecule has 2 N–H and O–H groups in total. The number of anilines is 1. The summed E-state index contributed by atoms with van der Waals surface area (Å²) in [4.78, 5) is 31.2. The van der Waals surface area contributed by atoms with E-state index >= 15 is 0 Å². The summed E-state index contributed by atoms with van der Waals surface area (Å²) in [5, 5.41) is 6.18. The van der Waals surface area contributed by atoms with Crippen molar-refractivity contribution in [2.45, 2.75) is 45.1 Å². The van der Waals surface area contributed by atoms with Gasteiger partial charge in [-0.05, 0) is 50.8 Å². The van der Waals surface area contributed by atoms with E-state index in [-0.39, 0.29) is 48.6 Å². The van der Waals surface area contributed by atoms with Crippen molar-refractivity contribution in [3.05, 3.63) is 23.9 Å². The molecule has 2 fully saturated rings. The molecule has 2 aliphatic heterocycles. The van der Waals surface area contributed by atoms with E-state index in [4.69, 9.17) is 0 Å². The highest BCUT2D eigenvalue weighted by molar-refractivity contribution is 5.92. The van der Waals surface area contributed by atoms with E-state index in [1.54, 1.807) is 6.20 Å². The molecule has 2 saturated heterocycles. The van der Waals surface area contributed by atoms with Gasteiger partial charge in [0, 0.05) is 19.3 Å². The molecule has 1 aromatic rings. The third kappa shape index (κ3) is 5.83. The van der Waals surface area contributed by atoms with Crippen LogP contribution in [-0.4, -0.2) is 47.4 Å². The van der Waals surface area contributed by atoms with E-state index in [1.165, 1.54) is 0 Å². The number of aromatic nitrogens is 1. The topological polar surface area (TPSA) is 74.3 Å². The molecule has 2 amide bonds. The highest BCUT2D eigenvalue weighted by atomic mass is 35.5. The minimum atomic E-state index is -0.158. The van der Waals surface area contributed by atoms with Crippen LogP contribution >= 0.6 is 24.8 Å². The molecule has 0 aliphatic carbocycles. The van der Waals surface area contributed by atoms with Gasteiger partial charge in [-0.3, -0.25) is 9.59 Å². The van der Waals surface area contributed by atoms with E-state index in [2.05, 4.69) is 15.6 Å². The summed E-state index contributed by atoms with van der Waals surface area (Å²) in [7, 11) is 0. The lowest BCUT2D eigenvalue weighted by atomic mass is 9.95. The van der Waals surface area contributed by atoms with Gasteiger partial charge < -0.3 is 15.5 Å². The summed E-state index contributed by atoms with van der Waals surface area (Å²) >= 11 is 0. The molecule has 8 heteroatoms.